The smallest absolute Gasteiger partial charge is 0.281 e. The molecule has 25 heavy (non-hydrogen) atoms. The Morgan fingerprint density at radius 1 is 1.36 bits per heavy atom. The van der Waals surface area contributed by atoms with Gasteiger partial charge in [-0.05, 0) is 30.5 Å². The van der Waals surface area contributed by atoms with E-state index < -0.39 is 0 Å². The normalized spacial score (nSPS) is 21.2. The summed E-state index contributed by atoms with van der Waals surface area (Å²) in [5.41, 5.74) is 2.23. The first kappa shape index (κ1) is 18.0. The maximum absolute atomic E-state index is 11.1. The number of aliphatic imine (C=N–C) groups is 1. The first-order chi connectivity index (χ1) is 12.0. The number of amides is 1. The number of carbonyl (C=O) groups excluding carboxylic acids is 1. The second-order valence-corrected chi connectivity index (χ2v) is 7.40. The van der Waals surface area contributed by atoms with E-state index in [0.717, 1.165) is 30.1 Å². The van der Waals surface area contributed by atoms with E-state index in [1.165, 1.54) is 0 Å². The Morgan fingerprint density at radius 2 is 2.08 bits per heavy atom. The number of hydrogen-bond acceptors (Lipinski definition) is 4. The monoisotopic (exact) mass is 451 g/mol. The fourth-order valence-corrected chi connectivity index (χ4v) is 3.33. The van der Waals surface area contributed by atoms with E-state index in [-0.39, 0.29) is 16.1 Å². The van der Waals surface area contributed by atoms with Gasteiger partial charge in [0.15, 0.2) is 0 Å². The van der Waals surface area contributed by atoms with Gasteiger partial charge >= 0.3 is 0 Å². The van der Waals surface area contributed by atoms with Crippen molar-refractivity contribution < 1.29 is 9.53 Å². The predicted octanol–water partition coefficient (Wildman–Crippen LogP) is 4.07. The van der Waals surface area contributed by atoms with Gasteiger partial charge in [-0.25, -0.2) is 0 Å². The van der Waals surface area contributed by atoms with Crippen LogP contribution in [0.2, 0.25) is 0 Å². The highest BCUT2D eigenvalue weighted by Crippen LogP contribution is 2.24. The Kier molecular flexibility index (Phi) is 5.78. The number of hydrogen-bond donors (Lipinski definition) is 1. The molecular formula is C19H22IN3O2. The summed E-state index contributed by atoms with van der Waals surface area (Å²) in [6.45, 7) is 5.86. The van der Waals surface area contributed by atoms with E-state index in [9.17, 15) is 4.79 Å². The number of rotatable bonds is 5. The molecule has 2 heterocycles. The summed E-state index contributed by atoms with van der Waals surface area (Å²) in [5, 5.41) is 2.87. The molecule has 2 aliphatic rings. The Bertz CT molecular complexity index is 706. The Morgan fingerprint density at radius 3 is 2.76 bits per heavy atom. The maximum atomic E-state index is 11.1. The Balaban J connectivity index is 1.51. The predicted molar refractivity (Wildman–Crippen MR) is 108 cm³/mol. The van der Waals surface area contributed by atoms with E-state index in [4.69, 9.17) is 4.74 Å². The van der Waals surface area contributed by atoms with E-state index in [1.54, 1.807) is 22.6 Å². The molecule has 6 heteroatoms. The van der Waals surface area contributed by atoms with Crippen molar-refractivity contribution in [2.24, 2.45) is 10.9 Å². The van der Waals surface area contributed by atoms with Crippen molar-refractivity contribution in [1.82, 2.24) is 10.2 Å². The quantitative estimate of drug-likeness (QED) is 0.417. The van der Waals surface area contributed by atoms with Crippen LogP contribution in [0.1, 0.15) is 25.5 Å². The topological polar surface area (TPSA) is 53.9 Å². The second-order valence-electron chi connectivity index (χ2n) is 6.42. The lowest BCUT2D eigenvalue weighted by Gasteiger charge is -2.41. The summed E-state index contributed by atoms with van der Waals surface area (Å²) < 4.78 is 5.97. The molecule has 132 valence electrons. The molecule has 1 aromatic rings. The van der Waals surface area contributed by atoms with Crippen LogP contribution < -0.4 is 10.1 Å². The SMILES string of the molecule is CC1C=CN=CC(N2CC(Oc3ccc(C(C)NC(=O)I)cc3)C2)=C1. The third-order valence-electron chi connectivity index (χ3n) is 4.34. The number of likely N-dealkylation sites (tertiary alicyclic amines) is 1. The molecule has 2 atom stereocenters. The molecule has 0 spiro atoms. The Hall–Kier alpha value is -1.83. The van der Waals surface area contributed by atoms with Crippen LogP contribution >= 0.6 is 22.6 Å². The van der Waals surface area contributed by atoms with Gasteiger partial charge in [-0.15, -0.1) is 0 Å². The average Bonchev–Trinajstić information content (AvgIpc) is 2.74. The van der Waals surface area contributed by atoms with Gasteiger partial charge in [0, 0.05) is 35.0 Å². The van der Waals surface area contributed by atoms with E-state index >= 15 is 0 Å². The number of ether oxygens (including phenoxy) is 1. The molecule has 0 aromatic heterocycles. The molecule has 1 fully saturated rings. The molecular weight excluding hydrogens is 429 g/mol. The largest absolute Gasteiger partial charge is 0.487 e. The minimum absolute atomic E-state index is 0.00490. The highest BCUT2D eigenvalue weighted by atomic mass is 127. The fourth-order valence-electron chi connectivity index (χ4n) is 2.86. The van der Waals surface area contributed by atoms with E-state index in [0.29, 0.717) is 5.92 Å². The molecule has 3 rings (SSSR count). The van der Waals surface area contributed by atoms with Crippen LogP contribution in [0, 0.1) is 5.92 Å². The van der Waals surface area contributed by atoms with E-state index in [1.807, 2.05) is 43.6 Å². The van der Waals surface area contributed by atoms with Gasteiger partial charge in [-0.3, -0.25) is 9.79 Å². The standard InChI is InChI=1S/C19H22IN3O2/c1-13-7-8-21-10-16(9-13)23-11-18(12-23)25-17-5-3-15(4-6-17)14(2)22-19(20)24/h3-10,13-14,18H,11-12H2,1-2H3,(H,22,24). The summed E-state index contributed by atoms with van der Waals surface area (Å²) in [5.74, 6) is 1.26. The lowest BCUT2D eigenvalue weighted by molar-refractivity contribution is 0.0486. The summed E-state index contributed by atoms with van der Waals surface area (Å²) in [6.07, 6.45) is 8.26. The van der Waals surface area contributed by atoms with Crippen LogP contribution in [-0.4, -0.2) is 34.2 Å². The fraction of sp³-hybridized carbons (Fsp3) is 0.368. The molecule has 2 unspecified atom stereocenters. The number of carbonyl (C=O) groups is 1. The van der Waals surface area contributed by atoms with Crippen molar-refractivity contribution in [3.8, 4) is 5.75 Å². The molecule has 1 aromatic carbocycles. The number of nitrogens with zero attached hydrogens (tertiary/aromatic N) is 2. The van der Waals surface area contributed by atoms with Gasteiger partial charge in [0.25, 0.3) is 3.91 Å². The average molecular weight is 451 g/mol. The minimum atomic E-state index is -0.0548. The summed E-state index contributed by atoms with van der Waals surface area (Å²) in [6, 6.07) is 7.92. The number of halogens is 1. The molecule has 1 amide bonds. The number of nitrogens with one attached hydrogen (secondary N) is 1. The van der Waals surface area contributed by atoms with Gasteiger partial charge in [-0.1, -0.05) is 31.2 Å². The van der Waals surface area contributed by atoms with Gasteiger partial charge in [0.2, 0.25) is 0 Å². The van der Waals surface area contributed by atoms with Crippen molar-refractivity contribution >= 4 is 32.7 Å². The second kappa shape index (κ2) is 8.03. The molecule has 0 saturated carbocycles. The lowest BCUT2D eigenvalue weighted by atomic mass is 10.1. The van der Waals surface area contributed by atoms with Crippen LogP contribution in [-0.2, 0) is 0 Å². The van der Waals surface area contributed by atoms with Crippen molar-refractivity contribution in [2.45, 2.75) is 26.0 Å². The van der Waals surface area contributed by atoms with Gasteiger partial charge in [-0.2, -0.15) is 0 Å². The van der Waals surface area contributed by atoms with Crippen molar-refractivity contribution in [2.75, 3.05) is 13.1 Å². The highest BCUT2D eigenvalue weighted by molar-refractivity contribution is 14.1. The van der Waals surface area contributed by atoms with Crippen molar-refractivity contribution in [1.29, 1.82) is 0 Å². The van der Waals surface area contributed by atoms with Crippen LogP contribution in [0.3, 0.4) is 0 Å². The van der Waals surface area contributed by atoms with Crippen LogP contribution in [0.4, 0.5) is 4.79 Å². The van der Waals surface area contributed by atoms with Crippen LogP contribution in [0.15, 0.2) is 53.3 Å². The molecule has 0 bridgehead atoms. The first-order valence-electron chi connectivity index (χ1n) is 8.40. The summed E-state index contributed by atoms with van der Waals surface area (Å²) in [7, 11) is 0. The van der Waals surface area contributed by atoms with Gasteiger partial charge in [0.1, 0.15) is 11.9 Å². The van der Waals surface area contributed by atoms with Crippen LogP contribution in [0.5, 0.6) is 5.75 Å². The highest BCUT2D eigenvalue weighted by Gasteiger charge is 2.29. The Labute approximate surface area is 162 Å². The van der Waals surface area contributed by atoms with E-state index in [2.05, 4.69) is 34.3 Å². The zero-order chi connectivity index (χ0) is 17.8. The summed E-state index contributed by atoms with van der Waals surface area (Å²) >= 11 is 1.75. The third-order valence-corrected chi connectivity index (χ3v) is 4.65. The zero-order valence-corrected chi connectivity index (χ0v) is 16.5. The van der Waals surface area contributed by atoms with Crippen LogP contribution in [0.25, 0.3) is 0 Å². The molecule has 1 saturated heterocycles. The molecule has 2 aliphatic heterocycles. The number of allylic oxidation sites excluding steroid dienone is 3. The molecule has 1 N–H and O–H groups in total. The van der Waals surface area contributed by atoms with Crippen molar-refractivity contribution in [3.63, 3.8) is 0 Å². The molecule has 5 nitrogen and oxygen atoms in total. The third kappa shape index (κ3) is 4.84. The molecule has 0 radical (unpaired) electrons. The minimum Gasteiger partial charge on any atom is -0.487 e. The summed E-state index contributed by atoms with van der Waals surface area (Å²) in [4.78, 5) is 17.7. The molecule has 0 aliphatic carbocycles. The first-order valence-corrected chi connectivity index (χ1v) is 9.48. The lowest BCUT2D eigenvalue weighted by Crippen LogP contribution is -2.53. The van der Waals surface area contributed by atoms with Crippen molar-refractivity contribution in [3.05, 3.63) is 53.9 Å². The zero-order valence-electron chi connectivity index (χ0n) is 14.4. The number of benzene rings is 1. The van der Waals surface area contributed by atoms with Gasteiger partial charge < -0.3 is 15.0 Å². The van der Waals surface area contributed by atoms with Gasteiger partial charge in [0.05, 0.1) is 24.8 Å². The maximum Gasteiger partial charge on any atom is 0.281 e.